The van der Waals surface area contributed by atoms with Gasteiger partial charge in [0.25, 0.3) is 5.91 Å². The molecule has 2 saturated heterocycles. The zero-order chi connectivity index (χ0) is 19.5. The van der Waals surface area contributed by atoms with E-state index in [4.69, 9.17) is 0 Å². The topological polar surface area (TPSA) is 81.3 Å². The predicted octanol–water partition coefficient (Wildman–Crippen LogP) is 2.48. The van der Waals surface area contributed by atoms with Crippen molar-refractivity contribution in [3.05, 3.63) is 17.5 Å². The van der Waals surface area contributed by atoms with Crippen molar-refractivity contribution < 1.29 is 9.59 Å². The van der Waals surface area contributed by atoms with Gasteiger partial charge in [-0.05, 0) is 71.1 Å². The minimum Gasteiger partial charge on any atom is -0.348 e. The van der Waals surface area contributed by atoms with E-state index in [2.05, 4.69) is 27.5 Å². The van der Waals surface area contributed by atoms with Gasteiger partial charge in [0.1, 0.15) is 5.69 Å². The largest absolute Gasteiger partial charge is 0.348 e. The normalized spacial score (nSPS) is 25.2. The van der Waals surface area contributed by atoms with E-state index in [-0.39, 0.29) is 29.8 Å². The fourth-order valence-electron chi connectivity index (χ4n) is 4.96. The van der Waals surface area contributed by atoms with Crippen LogP contribution in [0.1, 0.15) is 80.0 Å². The van der Waals surface area contributed by atoms with E-state index in [1.807, 2.05) is 11.0 Å². The molecule has 28 heavy (non-hydrogen) atoms. The van der Waals surface area contributed by atoms with Crippen molar-refractivity contribution in [3.63, 3.8) is 0 Å². The van der Waals surface area contributed by atoms with Gasteiger partial charge >= 0.3 is 0 Å². The van der Waals surface area contributed by atoms with E-state index >= 15 is 0 Å². The first kappa shape index (κ1) is 19.4. The zero-order valence-corrected chi connectivity index (χ0v) is 17.0. The number of hydrogen-bond donors (Lipinski definition) is 2. The van der Waals surface area contributed by atoms with Crippen molar-refractivity contribution in [1.82, 2.24) is 25.3 Å². The number of nitrogens with zero attached hydrogens (tertiary/aromatic N) is 3. The summed E-state index contributed by atoms with van der Waals surface area (Å²) in [6, 6.07) is 2.15. The average molecular weight is 388 g/mol. The van der Waals surface area contributed by atoms with Crippen LogP contribution in [0.25, 0.3) is 0 Å². The van der Waals surface area contributed by atoms with Gasteiger partial charge in [0.2, 0.25) is 5.91 Å². The summed E-state index contributed by atoms with van der Waals surface area (Å²) in [6.45, 7) is 2.79. The summed E-state index contributed by atoms with van der Waals surface area (Å²) < 4.78 is 0. The maximum atomic E-state index is 13.2. The number of amides is 2. The highest BCUT2D eigenvalue weighted by Gasteiger charge is 2.34. The monoisotopic (exact) mass is 387 g/mol. The number of likely N-dealkylation sites (tertiary alicyclic amines) is 2. The van der Waals surface area contributed by atoms with Gasteiger partial charge in [-0.2, -0.15) is 5.10 Å². The molecule has 0 aromatic carbocycles. The van der Waals surface area contributed by atoms with Crippen LogP contribution in [-0.2, 0) is 4.79 Å². The van der Waals surface area contributed by atoms with Gasteiger partial charge in [0.15, 0.2) is 0 Å². The van der Waals surface area contributed by atoms with Gasteiger partial charge in [-0.3, -0.25) is 14.7 Å². The van der Waals surface area contributed by atoms with Crippen LogP contribution >= 0.6 is 0 Å². The summed E-state index contributed by atoms with van der Waals surface area (Å²) in [6.07, 6.45) is 9.47. The lowest BCUT2D eigenvalue weighted by molar-refractivity contribution is -0.141. The molecule has 7 nitrogen and oxygen atoms in total. The second-order valence-electron chi connectivity index (χ2n) is 8.78. The van der Waals surface area contributed by atoms with Gasteiger partial charge in [0.05, 0.1) is 11.7 Å². The molecule has 0 bridgehead atoms. The summed E-state index contributed by atoms with van der Waals surface area (Å²) >= 11 is 0. The molecule has 3 fully saturated rings. The minimum absolute atomic E-state index is 0.0152. The summed E-state index contributed by atoms with van der Waals surface area (Å²) in [5.74, 6) is 0.313. The summed E-state index contributed by atoms with van der Waals surface area (Å²) in [5.41, 5.74) is 1.34. The van der Waals surface area contributed by atoms with Crippen molar-refractivity contribution in [2.24, 2.45) is 5.92 Å². The van der Waals surface area contributed by atoms with Crippen LogP contribution in [0.3, 0.4) is 0 Å². The first-order chi connectivity index (χ1) is 13.6. The summed E-state index contributed by atoms with van der Waals surface area (Å²) in [5, 5.41) is 10.4. The molecule has 1 aromatic heterocycles. The Balaban J connectivity index is 1.43. The molecule has 0 radical (unpaired) electrons. The van der Waals surface area contributed by atoms with Gasteiger partial charge in [-0.15, -0.1) is 0 Å². The number of nitrogens with one attached hydrogen (secondary N) is 2. The van der Waals surface area contributed by atoms with Crippen LogP contribution in [0.2, 0.25) is 0 Å². The Morgan fingerprint density at radius 1 is 1.04 bits per heavy atom. The van der Waals surface area contributed by atoms with Gasteiger partial charge < -0.3 is 15.1 Å². The van der Waals surface area contributed by atoms with Crippen molar-refractivity contribution in [3.8, 4) is 0 Å². The summed E-state index contributed by atoms with van der Waals surface area (Å²) in [4.78, 5) is 30.1. The molecule has 3 aliphatic rings. The second-order valence-corrected chi connectivity index (χ2v) is 8.78. The second kappa shape index (κ2) is 8.64. The standard InChI is InChI=1S/C21H33N5O2/c1-25-12-9-15(10-13-25)21(28)26-11-5-4-8-19(26)17-14-18(24-23-17)20(27)22-16-6-2-3-7-16/h14-16,19H,2-13H2,1H3,(H,22,27)(H,23,24)/t19-/m0/s1. The number of hydrogen-bond acceptors (Lipinski definition) is 4. The highest BCUT2D eigenvalue weighted by molar-refractivity contribution is 5.92. The third-order valence-corrected chi connectivity index (χ3v) is 6.73. The zero-order valence-electron chi connectivity index (χ0n) is 17.0. The molecule has 2 N–H and O–H groups in total. The van der Waals surface area contributed by atoms with Crippen molar-refractivity contribution in [2.75, 3.05) is 26.7 Å². The molecule has 0 spiro atoms. The molecule has 2 aliphatic heterocycles. The molecule has 154 valence electrons. The highest BCUT2D eigenvalue weighted by Crippen LogP contribution is 2.33. The molecular weight excluding hydrogens is 354 g/mol. The van der Waals surface area contributed by atoms with E-state index in [1.165, 1.54) is 12.8 Å². The Morgan fingerprint density at radius 2 is 1.75 bits per heavy atom. The molecule has 2 amide bonds. The van der Waals surface area contributed by atoms with Crippen LogP contribution in [-0.4, -0.2) is 64.5 Å². The average Bonchev–Trinajstić information content (AvgIpc) is 3.40. The van der Waals surface area contributed by atoms with Crippen LogP contribution in [0, 0.1) is 5.92 Å². The lowest BCUT2D eigenvalue weighted by Crippen LogP contribution is -2.45. The molecule has 1 atom stereocenters. The molecular formula is C21H33N5O2. The Kier molecular flexibility index (Phi) is 5.99. The van der Waals surface area contributed by atoms with E-state index < -0.39 is 0 Å². The number of H-pyrrole nitrogens is 1. The number of piperidine rings is 2. The third kappa shape index (κ3) is 4.24. The number of carbonyl (C=O) groups is 2. The Morgan fingerprint density at radius 3 is 2.50 bits per heavy atom. The third-order valence-electron chi connectivity index (χ3n) is 6.73. The smallest absolute Gasteiger partial charge is 0.271 e. The Hall–Kier alpha value is -1.89. The van der Waals surface area contributed by atoms with Gasteiger partial charge in [0, 0.05) is 18.5 Å². The fraction of sp³-hybridized carbons (Fsp3) is 0.762. The van der Waals surface area contributed by atoms with Crippen molar-refractivity contribution in [2.45, 2.75) is 69.9 Å². The summed E-state index contributed by atoms with van der Waals surface area (Å²) in [7, 11) is 2.12. The molecule has 1 saturated carbocycles. The van der Waals surface area contributed by atoms with E-state index in [0.29, 0.717) is 5.69 Å². The quantitative estimate of drug-likeness (QED) is 0.832. The first-order valence-corrected chi connectivity index (χ1v) is 11.0. The molecule has 4 rings (SSSR count). The van der Waals surface area contributed by atoms with Crippen molar-refractivity contribution >= 4 is 11.8 Å². The molecule has 7 heteroatoms. The van der Waals surface area contributed by atoms with E-state index in [1.54, 1.807) is 0 Å². The van der Waals surface area contributed by atoms with Gasteiger partial charge in [-0.25, -0.2) is 0 Å². The number of aromatic amines is 1. The molecule has 3 heterocycles. The molecule has 1 aromatic rings. The number of aromatic nitrogens is 2. The predicted molar refractivity (Wildman–Crippen MR) is 107 cm³/mol. The lowest BCUT2D eigenvalue weighted by Gasteiger charge is -2.39. The lowest BCUT2D eigenvalue weighted by atomic mass is 9.92. The van der Waals surface area contributed by atoms with Crippen LogP contribution in [0.4, 0.5) is 0 Å². The number of rotatable bonds is 4. The maximum absolute atomic E-state index is 13.2. The van der Waals surface area contributed by atoms with E-state index in [0.717, 1.165) is 70.3 Å². The number of carbonyl (C=O) groups excluding carboxylic acids is 2. The van der Waals surface area contributed by atoms with E-state index in [9.17, 15) is 9.59 Å². The fourth-order valence-corrected chi connectivity index (χ4v) is 4.96. The minimum atomic E-state index is -0.0987. The molecule has 0 unspecified atom stereocenters. The Bertz CT molecular complexity index is 689. The highest BCUT2D eigenvalue weighted by atomic mass is 16.2. The van der Waals surface area contributed by atoms with Gasteiger partial charge in [-0.1, -0.05) is 12.8 Å². The van der Waals surface area contributed by atoms with Crippen LogP contribution < -0.4 is 5.32 Å². The maximum Gasteiger partial charge on any atom is 0.271 e. The SMILES string of the molecule is CN1CCC(C(=O)N2CCCC[C@H]2c2cc(C(=O)NC3CCCC3)n[nH]2)CC1. The Labute approximate surface area is 167 Å². The van der Waals surface area contributed by atoms with Crippen LogP contribution in [0.5, 0.6) is 0 Å². The molecule has 1 aliphatic carbocycles. The van der Waals surface area contributed by atoms with Crippen LogP contribution in [0.15, 0.2) is 6.07 Å². The first-order valence-electron chi connectivity index (χ1n) is 11.0. The van der Waals surface area contributed by atoms with Crippen molar-refractivity contribution in [1.29, 1.82) is 0 Å².